The first-order chi connectivity index (χ1) is 7.97. The summed E-state index contributed by atoms with van der Waals surface area (Å²) in [5.74, 6) is -0.671. The molecule has 6 nitrogen and oxygen atoms in total. The van der Waals surface area contributed by atoms with E-state index in [0.717, 1.165) is 6.42 Å². The third-order valence-corrected chi connectivity index (χ3v) is 2.35. The predicted octanol–water partition coefficient (Wildman–Crippen LogP) is 1.82. The fraction of sp³-hybridized carbons (Fsp3) is 0.364. The Kier molecular flexibility index (Phi) is 4.03. The zero-order chi connectivity index (χ0) is 13.0. The van der Waals surface area contributed by atoms with Gasteiger partial charge in [0.15, 0.2) is 0 Å². The average molecular weight is 237 g/mol. The number of nitrogens with zero attached hydrogens (tertiary/aromatic N) is 1. The summed E-state index contributed by atoms with van der Waals surface area (Å²) < 4.78 is 0. The van der Waals surface area contributed by atoms with Crippen LogP contribution in [-0.4, -0.2) is 17.4 Å². The van der Waals surface area contributed by atoms with E-state index in [4.69, 9.17) is 5.73 Å². The zero-order valence-electron chi connectivity index (χ0n) is 9.82. The maximum atomic E-state index is 11.3. The minimum absolute atomic E-state index is 0.127. The van der Waals surface area contributed by atoms with Gasteiger partial charge in [-0.1, -0.05) is 6.92 Å². The third-order valence-electron chi connectivity index (χ3n) is 2.35. The molecular formula is C11H15N3O3. The van der Waals surface area contributed by atoms with Crippen LogP contribution in [0.4, 0.5) is 11.4 Å². The van der Waals surface area contributed by atoms with E-state index in [9.17, 15) is 14.9 Å². The van der Waals surface area contributed by atoms with Crippen LogP contribution in [-0.2, 0) is 0 Å². The molecule has 1 amide bonds. The lowest BCUT2D eigenvalue weighted by Crippen LogP contribution is -2.16. The number of aryl methyl sites for hydroxylation is 1. The highest BCUT2D eigenvalue weighted by Gasteiger charge is 2.17. The number of carbonyl (C=O) groups excluding carboxylic acids is 1. The maximum Gasteiger partial charge on any atom is 0.270 e. The maximum absolute atomic E-state index is 11.3. The number of benzene rings is 1. The van der Waals surface area contributed by atoms with Gasteiger partial charge in [-0.15, -0.1) is 0 Å². The van der Waals surface area contributed by atoms with Crippen LogP contribution in [0, 0.1) is 17.0 Å². The van der Waals surface area contributed by atoms with E-state index < -0.39 is 10.8 Å². The van der Waals surface area contributed by atoms with Crippen LogP contribution in [0.15, 0.2) is 12.1 Å². The molecule has 0 aromatic heterocycles. The van der Waals surface area contributed by atoms with Gasteiger partial charge >= 0.3 is 0 Å². The van der Waals surface area contributed by atoms with E-state index >= 15 is 0 Å². The van der Waals surface area contributed by atoms with Crippen LogP contribution < -0.4 is 11.1 Å². The molecule has 0 aliphatic rings. The average Bonchev–Trinajstić information content (AvgIpc) is 2.26. The van der Waals surface area contributed by atoms with Crippen molar-refractivity contribution in [2.45, 2.75) is 20.3 Å². The largest absolute Gasteiger partial charge is 0.384 e. The Labute approximate surface area is 99.0 Å². The zero-order valence-corrected chi connectivity index (χ0v) is 9.82. The van der Waals surface area contributed by atoms with Gasteiger partial charge in [0, 0.05) is 18.7 Å². The van der Waals surface area contributed by atoms with Crippen LogP contribution in [0.25, 0.3) is 0 Å². The van der Waals surface area contributed by atoms with Crippen molar-refractivity contribution in [2.75, 3.05) is 11.9 Å². The van der Waals surface area contributed by atoms with E-state index in [-0.39, 0.29) is 11.3 Å². The smallest absolute Gasteiger partial charge is 0.270 e. The molecule has 0 atom stereocenters. The summed E-state index contributed by atoms with van der Waals surface area (Å²) in [7, 11) is 0. The standard InChI is InChI=1S/C11H15N3O3/c1-3-4-13-10-7(2)5-8(14(16)17)6-9(10)11(12)15/h5-6,13H,3-4H2,1-2H3,(H2,12,15). The Hall–Kier alpha value is -2.11. The number of non-ortho nitro benzene ring substituents is 1. The second-order valence-corrected chi connectivity index (χ2v) is 3.73. The minimum Gasteiger partial charge on any atom is -0.384 e. The highest BCUT2D eigenvalue weighted by Crippen LogP contribution is 2.26. The molecule has 92 valence electrons. The molecule has 0 aliphatic carbocycles. The van der Waals surface area contributed by atoms with Crippen molar-refractivity contribution in [3.8, 4) is 0 Å². The van der Waals surface area contributed by atoms with Gasteiger partial charge in [-0.3, -0.25) is 14.9 Å². The Balaban J connectivity index is 3.28. The van der Waals surface area contributed by atoms with Crippen molar-refractivity contribution in [1.29, 1.82) is 0 Å². The molecule has 1 aromatic carbocycles. The molecule has 0 unspecified atom stereocenters. The van der Waals surface area contributed by atoms with Crippen LogP contribution in [0.5, 0.6) is 0 Å². The normalized spacial score (nSPS) is 10.0. The van der Waals surface area contributed by atoms with Gasteiger partial charge < -0.3 is 11.1 Å². The highest BCUT2D eigenvalue weighted by atomic mass is 16.6. The third kappa shape index (κ3) is 2.93. The van der Waals surface area contributed by atoms with Gasteiger partial charge in [-0.25, -0.2) is 0 Å². The van der Waals surface area contributed by atoms with Gasteiger partial charge in [0.25, 0.3) is 11.6 Å². The molecule has 1 aromatic rings. The topological polar surface area (TPSA) is 98.3 Å². The Morgan fingerprint density at radius 3 is 2.65 bits per heavy atom. The van der Waals surface area contributed by atoms with Gasteiger partial charge in [0.1, 0.15) is 0 Å². The summed E-state index contributed by atoms with van der Waals surface area (Å²) in [5.41, 5.74) is 6.47. The number of hydrogen-bond donors (Lipinski definition) is 2. The number of nitrogens with one attached hydrogen (secondary N) is 1. The summed E-state index contributed by atoms with van der Waals surface area (Å²) in [6.07, 6.45) is 0.884. The molecule has 6 heteroatoms. The first-order valence-electron chi connectivity index (χ1n) is 5.30. The lowest BCUT2D eigenvalue weighted by atomic mass is 10.1. The van der Waals surface area contributed by atoms with E-state index in [2.05, 4.69) is 5.32 Å². The molecule has 0 spiro atoms. The van der Waals surface area contributed by atoms with Gasteiger partial charge in [0.2, 0.25) is 0 Å². The Bertz CT molecular complexity index is 458. The number of nitro groups is 1. The van der Waals surface area contributed by atoms with Crippen LogP contribution >= 0.6 is 0 Å². The molecule has 0 aliphatic heterocycles. The lowest BCUT2D eigenvalue weighted by Gasteiger charge is -2.12. The Morgan fingerprint density at radius 1 is 1.53 bits per heavy atom. The molecule has 3 N–H and O–H groups in total. The van der Waals surface area contributed by atoms with Gasteiger partial charge in [-0.05, 0) is 18.9 Å². The van der Waals surface area contributed by atoms with Crippen molar-refractivity contribution >= 4 is 17.3 Å². The molecular weight excluding hydrogens is 222 g/mol. The predicted molar refractivity (Wildman–Crippen MR) is 65.1 cm³/mol. The Morgan fingerprint density at radius 2 is 2.18 bits per heavy atom. The van der Waals surface area contributed by atoms with E-state index in [1.165, 1.54) is 12.1 Å². The monoisotopic (exact) mass is 237 g/mol. The van der Waals surface area contributed by atoms with E-state index in [1.807, 2.05) is 6.92 Å². The summed E-state index contributed by atoms with van der Waals surface area (Å²) in [6.45, 7) is 4.37. The summed E-state index contributed by atoms with van der Waals surface area (Å²) in [4.78, 5) is 21.4. The minimum atomic E-state index is -0.671. The molecule has 17 heavy (non-hydrogen) atoms. The van der Waals surface area contributed by atoms with Crippen LogP contribution in [0.1, 0.15) is 29.3 Å². The summed E-state index contributed by atoms with van der Waals surface area (Å²) in [5, 5.41) is 13.7. The van der Waals surface area contributed by atoms with Gasteiger partial charge in [-0.2, -0.15) is 0 Å². The summed E-state index contributed by atoms with van der Waals surface area (Å²) >= 11 is 0. The number of hydrogen-bond acceptors (Lipinski definition) is 4. The van der Waals surface area contributed by atoms with Crippen LogP contribution in [0.3, 0.4) is 0 Å². The second-order valence-electron chi connectivity index (χ2n) is 3.73. The lowest BCUT2D eigenvalue weighted by molar-refractivity contribution is -0.384. The number of carbonyl (C=O) groups is 1. The fourth-order valence-electron chi connectivity index (χ4n) is 1.55. The van der Waals surface area contributed by atoms with Crippen molar-refractivity contribution in [1.82, 2.24) is 0 Å². The highest BCUT2D eigenvalue weighted by molar-refractivity contribution is 6.00. The van der Waals surface area contributed by atoms with Crippen molar-refractivity contribution in [3.05, 3.63) is 33.4 Å². The van der Waals surface area contributed by atoms with Crippen molar-refractivity contribution < 1.29 is 9.72 Å². The quantitative estimate of drug-likeness (QED) is 0.602. The van der Waals surface area contributed by atoms with Crippen molar-refractivity contribution in [2.24, 2.45) is 5.73 Å². The van der Waals surface area contributed by atoms with Crippen molar-refractivity contribution in [3.63, 3.8) is 0 Å². The van der Waals surface area contributed by atoms with Gasteiger partial charge in [0.05, 0.1) is 16.2 Å². The van der Waals surface area contributed by atoms with E-state index in [0.29, 0.717) is 17.8 Å². The SMILES string of the molecule is CCCNc1c(C)cc([N+](=O)[O-])cc1C(N)=O. The van der Waals surface area contributed by atoms with E-state index in [1.54, 1.807) is 6.92 Å². The first-order valence-corrected chi connectivity index (χ1v) is 5.30. The first kappa shape index (κ1) is 13.0. The number of primary amides is 1. The number of anilines is 1. The summed E-state index contributed by atoms with van der Waals surface area (Å²) in [6, 6.07) is 2.62. The number of nitrogens with two attached hydrogens (primary N) is 1. The molecule has 0 saturated carbocycles. The van der Waals surface area contributed by atoms with Crippen LogP contribution in [0.2, 0.25) is 0 Å². The molecule has 1 rings (SSSR count). The fourth-order valence-corrected chi connectivity index (χ4v) is 1.55. The molecule has 0 saturated heterocycles. The molecule has 0 radical (unpaired) electrons. The molecule has 0 bridgehead atoms. The number of nitro benzene ring substituents is 1. The second kappa shape index (κ2) is 5.29. The molecule has 0 fully saturated rings. The number of rotatable bonds is 5. The number of amides is 1. The molecule has 0 heterocycles.